The molecule has 3 unspecified atom stereocenters. The Bertz CT molecular complexity index is 526. The Labute approximate surface area is 131 Å². The lowest BCUT2D eigenvalue weighted by Gasteiger charge is -2.48. The van der Waals surface area contributed by atoms with Gasteiger partial charge in [0.2, 0.25) is 0 Å². The second kappa shape index (κ2) is 5.29. The monoisotopic (exact) mass is 303 g/mol. The molecule has 0 saturated carbocycles. The van der Waals surface area contributed by atoms with Crippen LogP contribution in [0.25, 0.3) is 0 Å². The lowest BCUT2D eigenvalue weighted by Crippen LogP contribution is -2.53. The third-order valence-electron chi connectivity index (χ3n) is 5.84. The van der Waals surface area contributed by atoms with Gasteiger partial charge in [-0.25, -0.2) is 0 Å². The SMILES string of the molecule is NC1(C2CCOC3(CCSC3)C2)CCCc2ccccc21. The van der Waals surface area contributed by atoms with Gasteiger partial charge in [0, 0.05) is 17.9 Å². The Hall–Kier alpha value is -0.510. The quantitative estimate of drug-likeness (QED) is 0.862. The Morgan fingerprint density at radius 1 is 1.24 bits per heavy atom. The first kappa shape index (κ1) is 14.1. The summed E-state index contributed by atoms with van der Waals surface area (Å²) in [6, 6.07) is 8.87. The van der Waals surface area contributed by atoms with E-state index in [1.807, 2.05) is 11.8 Å². The predicted molar refractivity (Wildman–Crippen MR) is 88.6 cm³/mol. The second-order valence-electron chi connectivity index (χ2n) is 7.07. The smallest absolute Gasteiger partial charge is 0.0783 e. The van der Waals surface area contributed by atoms with Crippen LogP contribution < -0.4 is 5.73 Å². The molecule has 1 aliphatic carbocycles. The fourth-order valence-electron chi connectivity index (χ4n) is 4.65. The molecule has 3 aliphatic rings. The van der Waals surface area contributed by atoms with Crippen molar-refractivity contribution in [1.29, 1.82) is 0 Å². The fraction of sp³-hybridized carbons (Fsp3) is 0.667. The van der Waals surface area contributed by atoms with Crippen molar-refractivity contribution in [2.75, 3.05) is 18.1 Å². The minimum atomic E-state index is -0.126. The van der Waals surface area contributed by atoms with Gasteiger partial charge in [0.1, 0.15) is 0 Å². The third kappa shape index (κ3) is 2.34. The van der Waals surface area contributed by atoms with E-state index in [1.54, 1.807) is 0 Å². The highest BCUT2D eigenvalue weighted by Gasteiger charge is 2.48. The van der Waals surface area contributed by atoms with Crippen LogP contribution in [-0.2, 0) is 16.7 Å². The van der Waals surface area contributed by atoms with E-state index in [-0.39, 0.29) is 11.1 Å². The summed E-state index contributed by atoms with van der Waals surface area (Å²) < 4.78 is 6.20. The summed E-state index contributed by atoms with van der Waals surface area (Å²) in [6.07, 6.45) is 7.05. The predicted octanol–water partition coefficient (Wildman–Crippen LogP) is 3.48. The molecule has 21 heavy (non-hydrogen) atoms. The lowest BCUT2D eigenvalue weighted by molar-refractivity contribution is -0.0948. The Morgan fingerprint density at radius 2 is 2.14 bits per heavy atom. The van der Waals surface area contributed by atoms with Gasteiger partial charge in [-0.3, -0.25) is 0 Å². The number of thioether (sulfide) groups is 1. The van der Waals surface area contributed by atoms with Crippen LogP contribution in [0.3, 0.4) is 0 Å². The van der Waals surface area contributed by atoms with Gasteiger partial charge >= 0.3 is 0 Å². The number of benzene rings is 1. The number of hydrogen-bond acceptors (Lipinski definition) is 3. The van der Waals surface area contributed by atoms with Gasteiger partial charge in [0.05, 0.1) is 5.60 Å². The highest BCUT2D eigenvalue weighted by molar-refractivity contribution is 7.99. The largest absolute Gasteiger partial charge is 0.374 e. The molecule has 3 atom stereocenters. The number of aryl methyl sites for hydroxylation is 1. The molecular formula is C18H25NOS. The van der Waals surface area contributed by atoms with Crippen LogP contribution in [0.2, 0.25) is 0 Å². The van der Waals surface area contributed by atoms with E-state index in [0.29, 0.717) is 5.92 Å². The van der Waals surface area contributed by atoms with Crippen LogP contribution >= 0.6 is 11.8 Å². The molecule has 1 spiro atoms. The Kier molecular flexibility index (Phi) is 3.55. The zero-order valence-electron chi connectivity index (χ0n) is 12.6. The van der Waals surface area contributed by atoms with E-state index in [9.17, 15) is 0 Å². The van der Waals surface area contributed by atoms with Crippen LogP contribution in [0.4, 0.5) is 0 Å². The molecule has 2 nitrogen and oxygen atoms in total. The van der Waals surface area contributed by atoms with Gasteiger partial charge in [0.25, 0.3) is 0 Å². The van der Waals surface area contributed by atoms with Gasteiger partial charge in [-0.2, -0.15) is 11.8 Å². The highest BCUT2D eigenvalue weighted by atomic mass is 32.2. The van der Waals surface area contributed by atoms with Gasteiger partial charge in [-0.15, -0.1) is 0 Å². The van der Waals surface area contributed by atoms with E-state index in [4.69, 9.17) is 10.5 Å². The maximum atomic E-state index is 7.03. The van der Waals surface area contributed by atoms with E-state index >= 15 is 0 Å². The van der Waals surface area contributed by atoms with Crippen LogP contribution in [0, 0.1) is 5.92 Å². The summed E-state index contributed by atoms with van der Waals surface area (Å²) >= 11 is 2.05. The number of rotatable bonds is 1. The van der Waals surface area contributed by atoms with Gasteiger partial charge < -0.3 is 10.5 Å². The fourth-order valence-corrected chi connectivity index (χ4v) is 6.03. The van der Waals surface area contributed by atoms with E-state index in [0.717, 1.165) is 25.9 Å². The van der Waals surface area contributed by atoms with Crippen molar-refractivity contribution in [3.05, 3.63) is 35.4 Å². The Morgan fingerprint density at radius 3 is 3.00 bits per heavy atom. The first-order valence-electron chi connectivity index (χ1n) is 8.31. The van der Waals surface area contributed by atoms with Crippen molar-refractivity contribution in [2.24, 2.45) is 11.7 Å². The third-order valence-corrected chi connectivity index (χ3v) is 7.07. The molecular weight excluding hydrogens is 278 g/mol. The topological polar surface area (TPSA) is 35.2 Å². The molecule has 3 heteroatoms. The molecule has 2 N–H and O–H groups in total. The standard InChI is InChI=1S/C18H25NOS/c19-18(8-3-5-14-4-1-2-6-16(14)18)15-7-10-20-17(12-15)9-11-21-13-17/h1-2,4,6,15H,3,5,7-13,19H2. The average molecular weight is 303 g/mol. The first-order chi connectivity index (χ1) is 10.2. The summed E-state index contributed by atoms with van der Waals surface area (Å²) in [7, 11) is 0. The number of ether oxygens (including phenoxy) is 1. The molecule has 2 fully saturated rings. The summed E-state index contributed by atoms with van der Waals surface area (Å²) in [5, 5.41) is 0. The van der Waals surface area contributed by atoms with Crippen molar-refractivity contribution in [1.82, 2.24) is 0 Å². The van der Waals surface area contributed by atoms with Crippen LogP contribution in [0.5, 0.6) is 0 Å². The summed E-state index contributed by atoms with van der Waals surface area (Å²) in [5.41, 5.74) is 9.94. The number of nitrogens with two attached hydrogens (primary N) is 1. The minimum absolute atomic E-state index is 0.126. The second-order valence-corrected chi connectivity index (χ2v) is 8.18. The van der Waals surface area contributed by atoms with E-state index in [1.165, 1.54) is 41.9 Å². The first-order valence-corrected chi connectivity index (χ1v) is 9.46. The van der Waals surface area contributed by atoms with E-state index in [2.05, 4.69) is 24.3 Å². The summed E-state index contributed by atoms with van der Waals surface area (Å²) in [6.45, 7) is 0.895. The van der Waals surface area contributed by atoms with Crippen molar-refractivity contribution < 1.29 is 4.74 Å². The van der Waals surface area contributed by atoms with Gasteiger partial charge in [-0.1, -0.05) is 24.3 Å². The maximum absolute atomic E-state index is 7.03. The molecule has 114 valence electrons. The zero-order chi connectivity index (χ0) is 14.3. The summed E-state index contributed by atoms with van der Waals surface area (Å²) in [4.78, 5) is 0. The number of fused-ring (bicyclic) bond motifs is 1. The molecule has 2 saturated heterocycles. The minimum Gasteiger partial charge on any atom is -0.374 e. The maximum Gasteiger partial charge on any atom is 0.0783 e. The van der Waals surface area contributed by atoms with Crippen molar-refractivity contribution in [3.63, 3.8) is 0 Å². The molecule has 0 aromatic heterocycles. The molecule has 0 bridgehead atoms. The normalized spacial score (nSPS) is 39.4. The zero-order valence-corrected chi connectivity index (χ0v) is 13.5. The average Bonchev–Trinajstić information content (AvgIpc) is 2.96. The highest BCUT2D eigenvalue weighted by Crippen LogP contribution is 2.48. The lowest BCUT2D eigenvalue weighted by atomic mass is 9.65. The molecule has 2 heterocycles. The van der Waals surface area contributed by atoms with Gasteiger partial charge in [0.15, 0.2) is 0 Å². The van der Waals surface area contributed by atoms with Crippen LogP contribution in [0.1, 0.15) is 43.2 Å². The molecule has 0 amide bonds. The molecule has 4 rings (SSSR count). The Balaban J connectivity index is 1.66. The molecule has 1 aromatic carbocycles. The van der Waals surface area contributed by atoms with Crippen molar-refractivity contribution in [2.45, 2.75) is 49.7 Å². The summed E-state index contributed by atoms with van der Waals surface area (Å²) in [5.74, 6) is 2.99. The van der Waals surface area contributed by atoms with Crippen molar-refractivity contribution >= 4 is 11.8 Å². The molecule has 2 aliphatic heterocycles. The number of hydrogen-bond donors (Lipinski definition) is 1. The van der Waals surface area contributed by atoms with Crippen molar-refractivity contribution in [3.8, 4) is 0 Å². The van der Waals surface area contributed by atoms with Gasteiger partial charge in [-0.05, 0) is 61.3 Å². The molecule has 0 radical (unpaired) electrons. The molecule has 1 aromatic rings. The van der Waals surface area contributed by atoms with Crippen LogP contribution in [0.15, 0.2) is 24.3 Å². The van der Waals surface area contributed by atoms with E-state index < -0.39 is 0 Å². The van der Waals surface area contributed by atoms with Crippen LogP contribution in [-0.4, -0.2) is 23.7 Å².